The van der Waals surface area contributed by atoms with Crippen molar-refractivity contribution in [3.8, 4) is 17.4 Å². The molecule has 0 aliphatic heterocycles. The zero-order valence-corrected chi connectivity index (χ0v) is 16.5. The molecule has 3 rings (SSSR count). The summed E-state index contributed by atoms with van der Waals surface area (Å²) in [7, 11) is 0. The number of carbonyl (C=O) groups is 1. The number of aromatic nitrogens is 1. The zero-order valence-electron chi connectivity index (χ0n) is 16.5. The van der Waals surface area contributed by atoms with E-state index in [9.17, 15) is 4.79 Å². The van der Waals surface area contributed by atoms with E-state index in [1.807, 2.05) is 32.0 Å². The zero-order chi connectivity index (χ0) is 19.8. The van der Waals surface area contributed by atoms with Crippen LogP contribution in [-0.2, 0) is 0 Å². The first-order chi connectivity index (χ1) is 13.7. The molecule has 0 saturated heterocycles. The van der Waals surface area contributed by atoms with Crippen molar-refractivity contribution in [3.05, 3.63) is 48.2 Å². The lowest BCUT2D eigenvalue weighted by Crippen LogP contribution is -2.39. The van der Waals surface area contributed by atoms with Crippen LogP contribution in [0.3, 0.4) is 0 Å². The molecule has 1 fully saturated rings. The molecule has 0 bridgehead atoms. The van der Waals surface area contributed by atoms with E-state index in [1.165, 1.54) is 0 Å². The van der Waals surface area contributed by atoms with E-state index in [0.29, 0.717) is 36.2 Å². The fraction of sp³-hybridized carbons (Fsp3) is 0.455. The Kier molecular flexibility index (Phi) is 7.12. The molecule has 2 aromatic rings. The minimum atomic E-state index is -0.0851. The molecule has 1 aromatic heterocycles. The maximum atomic E-state index is 12.7. The van der Waals surface area contributed by atoms with Crippen molar-refractivity contribution < 1.29 is 19.0 Å². The number of amides is 1. The standard InChI is InChI=1S/C22H28N2O4/c1-3-26-19-13-8-16(15-20(19)27-4-2)22(25)24-17-9-11-18(12-10-17)28-21-7-5-6-14-23-21/h5-8,13-15,17-18H,3-4,9-12H2,1-2H3,(H,24,25). The average Bonchev–Trinajstić information content (AvgIpc) is 2.72. The quantitative estimate of drug-likeness (QED) is 0.745. The number of rotatable bonds is 8. The minimum Gasteiger partial charge on any atom is -0.490 e. The van der Waals surface area contributed by atoms with E-state index in [1.54, 1.807) is 24.4 Å². The maximum Gasteiger partial charge on any atom is 0.251 e. The van der Waals surface area contributed by atoms with E-state index in [0.717, 1.165) is 25.7 Å². The van der Waals surface area contributed by atoms with Gasteiger partial charge in [0, 0.05) is 23.9 Å². The third-order valence-corrected chi connectivity index (χ3v) is 4.74. The van der Waals surface area contributed by atoms with Crippen molar-refractivity contribution >= 4 is 5.91 Å². The van der Waals surface area contributed by atoms with Crippen LogP contribution in [-0.4, -0.2) is 36.3 Å². The first kappa shape index (κ1) is 20.0. The van der Waals surface area contributed by atoms with Gasteiger partial charge in [-0.25, -0.2) is 4.98 Å². The largest absolute Gasteiger partial charge is 0.490 e. The molecular formula is C22H28N2O4. The van der Waals surface area contributed by atoms with Gasteiger partial charge >= 0.3 is 0 Å². The van der Waals surface area contributed by atoms with Gasteiger partial charge in [-0.1, -0.05) is 6.07 Å². The molecule has 0 spiro atoms. The van der Waals surface area contributed by atoms with Crippen LogP contribution in [0.5, 0.6) is 17.4 Å². The van der Waals surface area contributed by atoms with Gasteiger partial charge in [0.15, 0.2) is 11.5 Å². The smallest absolute Gasteiger partial charge is 0.251 e. The van der Waals surface area contributed by atoms with Gasteiger partial charge in [-0.15, -0.1) is 0 Å². The topological polar surface area (TPSA) is 69.7 Å². The minimum absolute atomic E-state index is 0.0851. The van der Waals surface area contributed by atoms with Gasteiger partial charge in [0.1, 0.15) is 6.10 Å². The lowest BCUT2D eigenvalue weighted by atomic mass is 9.92. The van der Waals surface area contributed by atoms with Crippen LogP contribution in [0.15, 0.2) is 42.6 Å². The molecule has 28 heavy (non-hydrogen) atoms. The molecule has 1 aliphatic carbocycles. The van der Waals surface area contributed by atoms with Gasteiger partial charge in [0.05, 0.1) is 13.2 Å². The second kappa shape index (κ2) is 9.97. The Morgan fingerprint density at radius 1 is 1.04 bits per heavy atom. The molecule has 0 atom stereocenters. The van der Waals surface area contributed by atoms with Crippen molar-refractivity contribution in [1.29, 1.82) is 0 Å². The Balaban J connectivity index is 1.53. The SMILES string of the molecule is CCOc1ccc(C(=O)NC2CCC(Oc3ccccn3)CC2)cc1OCC. The van der Waals surface area contributed by atoms with Crippen LogP contribution >= 0.6 is 0 Å². The molecule has 1 aromatic carbocycles. The highest BCUT2D eigenvalue weighted by molar-refractivity contribution is 5.95. The van der Waals surface area contributed by atoms with Crippen LogP contribution < -0.4 is 19.5 Å². The Morgan fingerprint density at radius 2 is 1.79 bits per heavy atom. The van der Waals surface area contributed by atoms with Crippen molar-refractivity contribution in [2.24, 2.45) is 0 Å². The maximum absolute atomic E-state index is 12.7. The highest BCUT2D eigenvalue weighted by Gasteiger charge is 2.24. The molecule has 150 valence electrons. The third kappa shape index (κ3) is 5.38. The van der Waals surface area contributed by atoms with Crippen molar-refractivity contribution in [2.45, 2.75) is 51.7 Å². The first-order valence-corrected chi connectivity index (χ1v) is 9.97. The van der Waals surface area contributed by atoms with E-state index in [2.05, 4.69) is 10.3 Å². The summed E-state index contributed by atoms with van der Waals surface area (Å²) in [6, 6.07) is 11.1. The number of pyridine rings is 1. The Hall–Kier alpha value is -2.76. The molecule has 0 unspecified atom stereocenters. The second-order valence-electron chi connectivity index (χ2n) is 6.76. The Labute approximate surface area is 166 Å². The van der Waals surface area contributed by atoms with Gasteiger partial charge in [0.25, 0.3) is 5.91 Å². The monoisotopic (exact) mass is 384 g/mol. The fourth-order valence-electron chi connectivity index (χ4n) is 3.37. The van der Waals surface area contributed by atoms with Crippen LogP contribution in [0.2, 0.25) is 0 Å². The first-order valence-electron chi connectivity index (χ1n) is 9.97. The van der Waals surface area contributed by atoms with Crippen molar-refractivity contribution in [2.75, 3.05) is 13.2 Å². The molecule has 1 saturated carbocycles. The normalized spacial score (nSPS) is 18.9. The molecule has 1 N–H and O–H groups in total. The average molecular weight is 384 g/mol. The Bertz CT molecular complexity index is 758. The fourth-order valence-corrected chi connectivity index (χ4v) is 3.37. The molecule has 1 amide bonds. The predicted molar refractivity (Wildman–Crippen MR) is 107 cm³/mol. The number of nitrogens with one attached hydrogen (secondary N) is 1. The van der Waals surface area contributed by atoms with Crippen LogP contribution in [0.1, 0.15) is 49.9 Å². The summed E-state index contributed by atoms with van der Waals surface area (Å²) >= 11 is 0. The summed E-state index contributed by atoms with van der Waals surface area (Å²) in [6.45, 7) is 4.90. The molecular weight excluding hydrogens is 356 g/mol. The number of benzene rings is 1. The molecule has 0 radical (unpaired) electrons. The summed E-state index contributed by atoms with van der Waals surface area (Å²) in [4.78, 5) is 16.9. The number of hydrogen-bond acceptors (Lipinski definition) is 5. The number of hydrogen-bond donors (Lipinski definition) is 1. The van der Waals surface area contributed by atoms with E-state index >= 15 is 0 Å². The number of nitrogens with zero attached hydrogens (tertiary/aromatic N) is 1. The van der Waals surface area contributed by atoms with Crippen LogP contribution in [0, 0.1) is 0 Å². The highest BCUT2D eigenvalue weighted by Crippen LogP contribution is 2.29. The lowest BCUT2D eigenvalue weighted by molar-refractivity contribution is 0.0889. The summed E-state index contributed by atoms with van der Waals surface area (Å²) in [5.41, 5.74) is 0.582. The predicted octanol–water partition coefficient (Wildman–Crippen LogP) is 4.00. The van der Waals surface area contributed by atoms with Gasteiger partial charge in [-0.3, -0.25) is 4.79 Å². The molecule has 6 nitrogen and oxygen atoms in total. The van der Waals surface area contributed by atoms with E-state index in [-0.39, 0.29) is 18.1 Å². The number of carbonyl (C=O) groups excluding carboxylic acids is 1. The molecule has 1 aliphatic rings. The molecule has 6 heteroatoms. The van der Waals surface area contributed by atoms with Crippen LogP contribution in [0.4, 0.5) is 0 Å². The van der Waals surface area contributed by atoms with Gasteiger partial charge < -0.3 is 19.5 Å². The van der Waals surface area contributed by atoms with Gasteiger partial charge in [-0.05, 0) is 63.8 Å². The van der Waals surface area contributed by atoms with Crippen molar-refractivity contribution in [1.82, 2.24) is 10.3 Å². The Morgan fingerprint density at radius 3 is 2.46 bits per heavy atom. The van der Waals surface area contributed by atoms with E-state index < -0.39 is 0 Å². The summed E-state index contributed by atoms with van der Waals surface area (Å²) in [5.74, 6) is 1.84. The highest BCUT2D eigenvalue weighted by atomic mass is 16.5. The van der Waals surface area contributed by atoms with Gasteiger partial charge in [-0.2, -0.15) is 0 Å². The summed E-state index contributed by atoms with van der Waals surface area (Å²) in [5, 5.41) is 3.13. The van der Waals surface area contributed by atoms with Gasteiger partial charge in [0.2, 0.25) is 5.88 Å². The lowest BCUT2D eigenvalue weighted by Gasteiger charge is -2.29. The third-order valence-electron chi connectivity index (χ3n) is 4.74. The second-order valence-corrected chi connectivity index (χ2v) is 6.76. The summed E-state index contributed by atoms with van der Waals surface area (Å²) < 4.78 is 17.1. The number of ether oxygens (including phenoxy) is 3. The van der Waals surface area contributed by atoms with Crippen molar-refractivity contribution in [3.63, 3.8) is 0 Å². The van der Waals surface area contributed by atoms with E-state index in [4.69, 9.17) is 14.2 Å². The molecule has 1 heterocycles. The van der Waals surface area contributed by atoms with Crippen LogP contribution in [0.25, 0.3) is 0 Å². The summed E-state index contributed by atoms with van der Waals surface area (Å²) in [6.07, 6.45) is 5.45.